The fraction of sp³-hybridized carbons (Fsp3) is 0.600. The number of nitrogens with zero attached hydrogens (tertiary/aromatic N) is 1. The molecule has 1 aliphatic carbocycles. The van der Waals surface area contributed by atoms with E-state index in [0.717, 1.165) is 11.7 Å². The number of hydrogen-bond acceptors (Lipinski definition) is 2. The quantitative estimate of drug-likeness (QED) is 0.766. The highest BCUT2D eigenvalue weighted by atomic mass is 16.5. The summed E-state index contributed by atoms with van der Waals surface area (Å²) >= 11 is 0. The molecule has 116 valence electrons. The third-order valence-electron chi connectivity index (χ3n) is 7.34. The minimum atomic E-state index is 0.301. The van der Waals surface area contributed by atoms with E-state index >= 15 is 0 Å². The Morgan fingerprint density at radius 1 is 1.36 bits per heavy atom. The van der Waals surface area contributed by atoms with E-state index in [2.05, 4.69) is 42.7 Å². The Bertz CT molecular complexity index is 668. The molecule has 3 heterocycles. The van der Waals surface area contributed by atoms with E-state index in [9.17, 15) is 0 Å². The Balaban J connectivity index is 1.72. The van der Waals surface area contributed by atoms with Crippen molar-refractivity contribution in [1.29, 1.82) is 0 Å². The zero-order valence-corrected chi connectivity index (χ0v) is 13.6. The lowest BCUT2D eigenvalue weighted by Crippen LogP contribution is -2.50. The zero-order chi connectivity index (χ0) is 15.1. The highest BCUT2D eigenvalue weighted by molar-refractivity contribution is 5.46. The lowest BCUT2D eigenvalue weighted by Gasteiger charge is -2.54. The Kier molecular flexibility index (Phi) is 2.38. The van der Waals surface area contributed by atoms with Crippen molar-refractivity contribution in [1.82, 2.24) is 4.90 Å². The number of piperidine rings is 1. The number of rotatable bonds is 2. The monoisotopic (exact) mass is 295 g/mol. The Hall–Kier alpha value is -1.28. The predicted octanol–water partition coefficient (Wildman–Crippen LogP) is 3.97. The second-order valence-corrected chi connectivity index (χ2v) is 8.21. The molecule has 2 heteroatoms. The summed E-state index contributed by atoms with van der Waals surface area (Å²) in [4.78, 5) is 2.83. The third-order valence-corrected chi connectivity index (χ3v) is 7.34. The van der Waals surface area contributed by atoms with Crippen LogP contribution in [0.25, 0.3) is 0 Å². The lowest BCUT2D eigenvalue weighted by molar-refractivity contribution is -0.0141. The maximum absolute atomic E-state index is 5.46. The molecule has 0 amide bonds. The van der Waals surface area contributed by atoms with Gasteiger partial charge in [0.05, 0.1) is 7.11 Å². The number of ether oxygens (including phenoxy) is 1. The van der Waals surface area contributed by atoms with Crippen molar-refractivity contribution in [3.8, 4) is 5.75 Å². The van der Waals surface area contributed by atoms with Gasteiger partial charge in [-0.05, 0) is 53.9 Å². The molecule has 0 aromatic heterocycles. The molecule has 1 aromatic rings. The first-order valence-electron chi connectivity index (χ1n) is 8.69. The number of hydrogen-bond donors (Lipinski definition) is 0. The van der Waals surface area contributed by atoms with Gasteiger partial charge in [0, 0.05) is 24.0 Å². The van der Waals surface area contributed by atoms with Gasteiger partial charge in [-0.25, -0.2) is 0 Å². The second kappa shape index (κ2) is 3.97. The SMILES string of the molecule is C=CC12CCCC3(C)CN4[C@H](Cc5cc(OC)ccc5[C@@H]41)[C@H]32. The maximum Gasteiger partial charge on any atom is 0.119 e. The van der Waals surface area contributed by atoms with Gasteiger partial charge in [-0.1, -0.05) is 25.5 Å². The summed E-state index contributed by atoms with van der Waals surface area (Å²) in [6, 6.07) is 8.03. The van der Waals surface area contributed by atoms with E-state index in [1.165, 1.54) is 37.8 Å². The molecule has 4 bridgehead atoms. The van der Waals surface area contributed by atoms with E-state index < -0.39 is 0 Å². The standard InChI is InChI=1S/C20H25NO/c1-4-20-9-5-8-19(2)12-21-16(17(19)20)11-13-10-14(22-3)6-7-15(13)18(20)21/h4,6-7,10,16-18H,1,5,8-9,11-12H2,2-3H3/t16-,17-,18-,19?,20?/m1/s1. The molecule has 2 saturated heterocycles. The minimum Gasteiger partial charge on any atom is -0.497 e. The highest BCUT2D eigenvalue weighted by Crippen LogP contribution is 2.72. The van der Waals surface area contributed by atoms with Gasteiger partial charge in [-0.2, -0.15) is 0 Å². The van der Waals surface area contributed by atoms with Crippen LogP contribution in [0.15, 0.2) is 30.9 Å². The van der Waals surface area contributed by atoms with Crippen LogP contribution in [0, 0.1) is 16.7 Å². The Morgan fingerprint density at radius 2 is 2.23 bits per heavy atom. The van der Waals surface area contributed by atoms with Crippen molar-refractivity contribution >= 4 is 0 Å². The zero-order valence-electron chi connectivity index (χ0n) is 13.6. The van der Waals surface area contributed by atoms with Gasteiger partial charge in [0.25, 0.3) is 0 Å². The molecule has 2 nitrogen and oxygen atoms in total. The first kappa shape index (κ1) is 13.2. The van der Waals surface area contributed by atoms with Gasteiger partial charge in [-0.3, -0.25) is 4.90 Å². The van der Waals surface area contributed by atoms with Crippen molar-refractivity contribution in [2.45, 2.75) is 44.7 Å². The van der Waals surface area contributed by atoms with Crippen molar-refractivity contribution in [2.75, 3.05) is 13.7 Å². The van der Waals surface area contributed by atoms with Crippen LogP contribution in [-0.2, 0) is 6.42 Å². The average molecular weight is 295 g/mol. The molecule has 0 N–H and O–H groups in total. The van der Waals surface area contributed by atoms with Crippen LogP contribution in [0.1, 0.15) is 43.4 Å². The van der Waals surface area contributed by atoms with Crippen LogP contribution in [0.4, 0.5) is 0 Å². The Labute approximate surface area is 133 Å². The summed E-state index contributed by atoms with van der Waals surface area (Å²) in [5.41, 5.74) is 3.86. The molecular formula is C20H25NO. The van der Waals surface area contributed by atoms with Gasteiger partial charge in [0.1, 0.15) is 5.75 Å². The smallest absolute Gasteiger partial charge is 0.119 e. The maximum atomic E-state index is 5.46. The van der Waals surface area contributed by atoms with Gasteiger partial charge in [-0.15, -0.1) is 6.58 Å². The van der Waals surface area contributed by atoms with Gasteiger partial charge >= 0.3 is 0 Å². The molecule has 0 radical (unpaired) electrons. The summed E-state index contributed by atoms with van der Waals surface area (Å²) in [6.07, 6.45) is 7.61. The van der Waals surface area contributed by atoms with Crippen LogP contribution in [-0.4, -0.2) is 24.6 Å². The molecule has 4 aliphatic rings. The molecule has 0 spiro atoms. The fourth-order valence-electron chi connectivity index (χ4n) is 6.80. The molecule has 22 heavy (non-hydrogen) atoms. The molecule has 3 fully saturated rings. The summed E-state index contributed by atoms with van der Waals surface area (Å²) in [7, 11) is 1.77. The summed E-state index contributed by atoms with van der Waals surface area (Å²) < 4.78 is 5.46. The molecule has 6 atom stereocenters. The molecular weight excluding hydrogens is 270 g/mol. The van der Waals surface area contributed by atoms with E-state index in [-0.39, 0.29) is 0 Å². The van der Waals surface area contributed by atoms with Crippen LogP contribution in [0.2, 0.25) is 0 Å². The number of methoxy groups -OCH3 is 1. The molecule has 1 saturated carbocycles. The third kappa shape index (κ3) is 1.28. The van der Waals surface area contributed by atoms with Crippen LogP contribution < -0.4 is 4.74 Å². The number of fused-ring (bicyclic) bond motifs is 3. The van der Waals surface area contributed by atoms with Crippen LogP contribution in [0.5, 0.6) is 5.75 Å². The highest BCUT2D eigenvalue weighted by Gasteiger charge is 2.71. The van der Waals surface area contributed by atoms with Gasteiger partial charge < -0.3 is 4.74 Å². The van der Waals surface area contributed by atoms with Gasteiger partial charge in [0.2, 0.25) is 0 Å². The van der Waals surface area contributed by atoms with Crippen LogP contribution in [0.3, 0.4) is 0 Å². The van der Waals surface area contributed by atoms with E-state index in [1.54, 1.807) is 12.7 Å². The molecule has 3 unspecified atom stereocenters. The van der Waals surface area contributed by atoms with Gasteiger partial charge in [0.15, 0.2) is 0 Å². The summed E-state index contributed by atoms with van der Waals surface area (Å²) in [5, 5.41) is 0. The van der Waals surface area contributed by atoms with Crippen molar-refractivity contribution < 1.29 is 4.74 Å². The average Bonchev–Trinajstić information content (AvgIpc) is 2.91. The largest absolute Gasteiger partial charge is 0.497 e. The number of benzene rings is 1. The lowest BCUT2D eigenvalue weighted by atomic mass is 9.52. The van der Waals surface area contributed by atoms with E-state index in [1.807, 2.05) is 0 Å². The normalized spacial score (nSPS) is 47.2. The predicted molar refractivity (Wildman–Crippen MR) is 88.0 cm³/mol. The molecule has 1 aromatic carbocycles. The second-order valence-electron chi connectivity index (χ2n) is 8.21. The Morgan fingerprint density at radius 3 is 3.00 bits per heavy atom. The van der Waals surface area contributed by atoms with E-state index in [4.69, 9.17) is 4.74 Å². The topological polar surface area (TPSA) is 12.5 Å². The minimum absolute atomic E-state index is 0.301. The fourth-order valence-corrected chi connectivity index (χ4v) is 6.80. The first-order valence-corrected chi connectivity index (χ1v) is 8.69. The molecule has 3 aliphatic heterocycles. The summed E-state index contributed by atoms with van der Waals surface area (Å²) in [5.74, 6) is 1.79. The van der Waals surface area contributed by atoms with Crippen molar-refractivity contribution in [2.24, 2.45) is 16.7 Å². The summed E-state index contributed by atoms with van der Waals surface area (Å²) in [6.45, 7) is 8.14. The van der Waals surface area contributed by atoms with E-state index in [0.29, 0.717) is 22.9 Å². The van der Waals surface area contributed by atoms with Crippen LogP contribution >= 0.6 is 0 Å². The van der Waals surface area contributed by atoms with Crippen molar-refractivity contribution in [3.05, 3.63) is 42.0 Å². The first-order chi connectivity index (χ1) is 10.6. The van der Waals surface area contributed by atoms with Crippen molar-refractivity contribution in [3.63, 3.8) is 0 Å². The molecule has 5 rings (SSSR count).